The van der Waals surface area contributed by atoms with Gasteiger partial charge in [-0.05, 0) is 31.2 Å². The van der Waals surface area contributed by atoms with Crippen molar-refractivity contribution in [3.05, 3.63) is 23.8 Å². The summed E-state index contributed by atoms with van der Waals surface area (Å²) in [4.78, 5) is 16.8. The van der Waals surface area contributed by atoms with E-state index in [4.69, 9.17) is 4.74 Å². The zero-order valence-corrected chi connectivity index (χ0v) is 13.1. The van der Waals surface area contributed by atoms with E-state index in [0.717, 1.165) is 69.4 Å². The minimum Gasteiger partial charge on any atom is -0.495 e. The number of hydrogen-bond acceptors (Lipinski definition) is 5. The molecular formula is C16H24N4O2. The van der Waals surface area contributed by atoms with Crippen molar-refractivity contribution >= 4 is 11.6 Å². The maximum absolute atomic E-state index is 12.7. The fourth-order valence-electron chi connectivity index (χ4n) is 3.01. The molecule has 0 saturated carbocycles. The Kier molecular flexibility index (Phi) is 4.80. The highest BCUT2D eigenvalue weighted by molar-refractivity contribution is 5.95. The molecule has 6 heteroatoms. The second-order valence-electron chi connectivity index (χ2n) is 5.70. The molecular weight excluding hydrogens is 280 g/mol. The molecule has 22 heavy (non-hydrogen) atoms. The van der Waals surface area contributed by atoms with Crippen molar-refractivity contribution in [1.82, 2.24) is 15.5 Å². The van der Waals surface area contributed by atoms with Crippen LogP contribution < -0.4 is 20.3 Å². The van der Waals surface area contributed by atoms with Crippen molar-refractivity contribution in [1.29, 1.82) is 0 Å². The maximum Gasteiger partial charge on any atom is 0.254 e. The van der Waals surface area contributed by atoms with Crippen molar-refractivity contribution < 1.29 is 9.53 Å². The summed E-state index contributed by atoms with van der Waals surface area (Å²) in [5, 5.41) is 6.64. The zero-order valence-electron chi connectivity index (χ0n) is 13.1. The molecule has 6 nitrogen and oxygen atoms in total. The van der Waals surface area contributed by atoms with Crippen LogP contribution in [-0.4, -0.2) is 63.9 Å². The Morgan fingerprint density at radius 2 is 1.95 bits per heavy atom. The van der Waals surface area contributed by atoms with Crippen LogP contribution in [0.25, 0.3) is 0 Å². The minimum atomic E-state index is 0.107. The molecule has 3 rings (SSSR count). The summed E-state index contributed by atoms with van der Waals surface area (Å²) >= 11 is 0. The first-order valence-electron chi connectivity index (χ1n) is 7.93. The second-order valence-corrected chi connectivity index (χ2v) is 5.70. The molecule has 2 heterocycles. The van der Waals surface area contributed by atoms with Crippen LogP contribution in [-0.2, 0) is 0 Å². The van der Waals surface area contributed by atoms with Crippen molar-refractivity contribution in [2.45, 2.75) is 6.42 Å². The van der Waals surface area contributed by atoms with Gasteiger partial charge in [0, 0.05) is 38.3 Å². The maximum atomic E-state index is 12.7. The van der Waals surface area contributed by atoms with E-state index in [1.807, 2.05) is 23.1 Å². The van der Waals surface area contributed by atoms with Gasteiger partial charge in [-0.1, -0.05) is 0 Å². The summed E-state index contributed by atoms with van der Waals surface area (Å²) in [7, 11) is 1.67. The van der Waals surface area contributed by atoms with Gasteiger partial charge >= 0.3 is 0 Å². The predicted octanol–water partition coefficient (Wildman–Crippen LogP) is 0.498. The third-order valence-electron chi connectivity index (χ3n) is 4.25. The molecule has 2 aliphatic heterocycles. The lowest BCUT2D eigenvalue weighted by Gasteiger charge is -2.31. The summed E-state index contributed by atoms with van der Waals surface area (Å²) in [5.74, 6) is 0.927. The highest BCUT2D eigenvalue weighted by Gasteiger charge is 2.21. The van der Waals surface area contributed by atoms with E-state index in [1.54, 1.807) is 7.11 Å². The Labute approximate surface area is 131 Å². The number of piperazine rings is 1. The van der Waals surface area contributed by atoms with Gasteiger partial charge in [-0.3, -0.25) is 10.1 Å². The summed E-state index contributed by atoms with van der Waals surface area (Å²) in [5.41, 5.74) is 1.74. The van der Waals surface area contributed by atoms with Crippen LogP contribution in [0.1, 0.15) is 16.8 Å². The SMILES string of the molecule is COc1ccc(C(=O)N2CCNCC2)cc1N1CCCNC1. The van der Waals surface area contributed by atoms with Gasteiger partial charge in [0.05, 0.1) is 19.5 Å². The highest BCUT2D eigenvalue weighted by Crippen LogP contribution is 2.30. The van der Waals surface area contributed by atoms with Gasteiger partial charge < -0.3 is 19.9 Å². The van der Waals surface area contributed by atoms with Crippen LogP contribution in [0.2, 0.25) is 0 Å². The Morgan fingerprint density at radius 3 is 2.64 bits per heavy atom. The molecule has 0 bridgehead atoms. The number of nitrogens with zero attached hydrogens (tertiary/aromatic N) is 2. The molecule has 0 unspecified atom stereocenters. The Morgan fingerprint density at radius 1 is 1.14 bits per heavy atom. The van der Waals surface area contributed by atoms with Gasteiger partial charge in [-0.2, -0.15) is 0 Å². The van der Waals surface area contributed by atoms with E-state index >= 15 is 0 Å². The largest absolute Gasteiger partial charge is 0.495 e. The fourth-order valence-corrected chi connectivity index (χ4v) is 3.01. The normalized spacial score (nSPS) is 19.1. The van der Waals surface area contributed by atoms with Crippen molar-refractivity contribution in [3.63, 3.8) is 0 Å². The number of hydrogen-bond donors (Lipinski definition) is 2. The molecule has 120 valence electrons. The Bertz CT molecular complexity index is 523. The molecule has 1 amide bonds. The predicted molar refractivity (Wildman–Crippen MR) is 86.6 cm³/mol. The molecule has 0 aromatic heterocycles. The van der Waals surface area contributed by atoms with Crippen LogP contribution in [0.5, 0.6) is 5.75 Å². The average Bonchev–Trinajstić information content (AvgIpc) is 2.62. The van der Waals surface area contributed by atoms with E-state index in [0.29, 0.717) is 0 Å². The van der Waals surface area contributed by atoms with Crippen LogP contribution >= 0.6 is 0 Å². The van der Waals surface area contributed by atoms with E-state index in [9.17, 15) is 4.79 Å². The molecule has 0 aliphatic carbocycles. The third kappa shape index (κ3) is 3.18. The van der Waals surface area contributed by atoms with E-state index in [2.05, 4.69) is 15.5 Å². The van der Waals surface area contributed by atoms with Crippen LogP contribution in [0.3, 0.4) is 0 Å². The lowest BCUT2D eigenvalue weighted by atomic mass is 10.1. The van der Waals surface area contributed by atoms with Crippen molar-refractivity contribution in [3.8, 4) is 5.75 Å². The minimum absolute atomic E-state index is 0.107. The molecule has 0 spiro atoms. The second kappa shape index (κ2) is 6.98. The molecule has 1 aromatic carbocycles. The van der Waals surface area contributed by atoms with Crippen LogP contribution in [0.4, 0.5) is 5.69 Å². The van der Waals surface area contributed by atoms with Gasteiger partial charge in [0.1, 0.15) is 5.75 Å². The molecule has 0 atom stereocenters. The first kappa shape index (κ1) is 15.1. The molecule has 2 saturated heterocycles. The van der Waals surface area contributed by atoms with Gasteiger partial charge in [-0.25, -0.2) is 0 Å². The quantitative estimate of drug-likeness (QED) is 0.851. The van der Waals surface area contributed by atoms with Gasteiger partial charge in [0.15, 0.2) is 0 Å². The average molecular weight is 304 g/mol. The van der Waals surface area contributed by atoms with Crippen molar-refractivity contribution in [2.24, 2.45) is 0 Å². The van der Waals surface area contributed by atoms with Gasteiger partial charge in [0.25, 0.3) is 5.91 Å². The number of amides is 1. The summed E-state index contributed by atoms with van der Waals surface area (Å²) < 4.78 is 5.47. The van der Waals surface area contributed by atoms with E-state index < -0.39 is 0 Å². The first-order valence-corrected chi connectivity index (χ1v) is 7.93. The summed E-state index contributed by atoms with van der Waals surface area (Å²) in [6.45, 7) is 6.08. The summed E-state index contributed by atoms with van der Waals surface area (Å²) in [6.07, 6.45) is 1.10. The van der Waals surface area contributed by atoms with E-state index in [-0.39, 0.29) is 5.91 Å². The van der Waals surface area contributed by atoms with Crippen LogP contribution in [0, 0.1) is 0 Å². The zero-order chi connectivity index (χ0) is 15.4. The van der Waals surface area contributed by atoms with Gasteiger partial charge in [-0.15, -0.1) is 0 Å². The van der Waals surface area contributed by atoms with Crippen LogP contribution in [0.15, 0.2) is 18.2 Å². The molecule has 2 N–H and O–H groups in total. The number of methoxy groups -OCH3 is 1. The van der Waals surface area contributed by atoms with Gasteiger partial charge in [0.2, 0.25) is 0 Å². The Hall–Kier alpha value is -1.79. The number of ether oxygens (including phenoxy) is 1. The fraction of sp³-hybridized carbons (Fsp3) is 0.562. The number of carbonyl (C=O) groups excluding carboxylic acids is 1. The van der Waals surface area contributed by atoms with E-state index in [1.165, 1.54) is 0 Å². The number of nitrogens with one attached hydrogen (secondary N) is 2. The summed E-state index contributed by atoms with van der Waals surface area (Å²) in [6, 6.07) is 5.74. The number of benzene rings is 1. The standard InChI is InChI=1S/C16H24N4O2/c1-22-15-4-3-13(16(21)19-9-6-17-7-10-19)11-14(15)20-8-2-5-18-12-20/h3-4,11,17-18H,2,5-10,12H2,1H3. The Balaban J connectivity index is 1.83. The smallest absolute Gasteiger partial charge is 0.254 e. The number of rotatable bonds is 3. The lowest BCUT2D eigenvalue weighted by Crippen LogP contribution is -2.46. The number of anilines is 1. The first-order chi connectivity index (χ1) is 10.8. The third-order valence-corrected chi connectivity index (χ3v) is 4.25. The molecule has 1 aromatic rings. The van der Waals surface area contributed by atoms with Crippen molar-refractivity contribution in [2.75, 3.05) is 57.9 Å². The monoisotopic (exact) mass is 304 g/mol. The topological polar surface area (TPSA) is 56.8 Å². The molecule has 0 radical (unpaired) electrons. The lowest BCUT2D eigenvalue weighted by molar-refractivity contribution is 0.0736. The number of carbonyl (C=O) groups is 1. The highest BCUT2D eigenvalue weighted by atomic mass is 16.5. The molecule has 2 aliphatic rings. The molecule has 2 fully saturated rings.